The van der Waals surface area contributed by atoms with Gasteiger partial charge < -0.3 is 10.2 Å². The molecule has 4 N–H and O–H groups in total. The smallest absolute Gasteiger partial charge is 0.361 e. The summed E-state index contributed by atoms with van der Waals surface area (Å²) >= 11 is 4.98. The molecule has 0 spiro atoms. The topological polar surface area (TPSA) is 83.7 Å². The molecule has 0 fully saturated rings. The second kappa shape index (κ2) is 8.64. The van der Waals surface area contributed by atoms with E-state index in [0.717, 1.165) is 25.1 Å². The van der Waals surface area contributed by atoms with Crippen LogP contribution in [0.15, 0.2) is 18.2 Å². The number of anilines is 1. The van der Waals surface area contributed by atoms with Gasteiger partial charge in [0.1, 0.15) is 5.69 Å². The van der Waals surface area contributed by atoms with Gasteiger partial charge in [0.15, 0.2) is 5.11 Å². The number of thiocarbonyl (C=S) groups is 1. The fourth-order valence-corrected chi connectivity index (χ4v) is 1.93. The molecule has 0 saturated carbocycles. The van der Waals surface area contributed by atoms with Gasteiger partial charge in [0.2, 0.25) is 0 Å². The number of nitro groups is 1. The fraction of sp³-hybridized carbons (Fsp3) is 0.462. The van der Waals surface area contributed by atoms with Gasteiger partial charge in [-0.1, -0.05) is 0 Å². The molecule has 1 aromatic rings. The van der Waals surface area contributed by atoms with Gasteiger partial charge in [-0.2, -0.15) is 13.2 Å². The number of hydrazine groups is 1. The minimum absolute atomic E-state index is 0.116. The Hall–Kier alpha value is -2.14. The summed E-state index contributed by atoms with van der Waals surface area (Å²) in [5, 5.41) is 14.0. The summed E-state index contributed by atoms with van der Waals surface area (Å²) in [5.74, 6) is 0. The van der Waals surface area contributed by atoms with E-state index in [0.29, 0.717) is 12.6 Å². The van der Waals surface area contributed by atoms with E-state index < -0.39 is 22.4 Å². The van der Waals surface area contributed by atoms with Crippen molar-refractivity contribution < 1.29 is 23.0 Å². The van der Waals surface area contributed by atoms with Gasteiger partial charge in [0.25, 0.3) is 5.69 Å². The van der Waals surface area contributed by atoms with Crippen molar-refractivity contribution in [1.29, 1.82) is 0 Å². The lowest BCUT2D eigenvalue weighted by Crippen LogP contribution is -3.05. The average molecular weight is 366 g/mol. The summed E-state index contributed by atoms with van der Waals surface area (Å²) in [7, 11) is 4.03. The molecule has 0 amide bonds. The number of nitro benzene ring substituents is 1. The van der Waals surface area contributed by atoms with Gasteiger partial charge in [-0.05, 0) is 24.4 Å². The second-order valence-electron chi connectivity index (χ2n) is 5.30. The number of rotatable bonds is 7. The highest BCUT2D eigenvalue weighted by molar-refractivity contribution is 7.80. The monoisotopic (exact) mass is 366 g/mol. The molecule has 0 heterocycles. The number of halogens is 3. The summed E-state index contributed by atoms with van der Waals surface area (Å²) in [6.07, 6.45) is -3.79. The van der Waals surface area contributed by atoms with Crippen molar-refractivity contribution in [1.82, 2.24) is 10.7 Å². The van der Waals surface area contributed by atoms with Gasteiger partial charge in [-0.25, -0.2) is 0 Å². The standard InChI is InChI=1S/C13H18F3N5O2S/c1-20(2)7-3-6-17-12(24)19-18-10-5-4-9(13(14,15)16)8-11(10)21(22)23/h4-5,8,18H,3,6-7H2,1-2H3,(H2,17,19,24)/p+1. The lowest BCUT2D eigenvalue weighted by molar-refractivity contribution is -0.858. The Bertz CT molecular complexity index is 595. The van der Waals surface area contributed by atoms with Crippen molar-refractivity contribution >= 4 is 28.7 Å². The maximum atomic E-state index is 12.6. The molecule has 0 aliphatic carbocycles. The van der Waals surface area contributed by atoms with Gasteiger partial charge in [-0.15, -0.1) is 0 Å². The molecule has 134 valence electrons. The molecule has 0 saturated heterocycles. The van der Waals surface area contributed by atoms with E-state index >= 15 is 0 Å². The molecule has 0 unspecified atom stereocenters. The number of benzene rings is 1. The molecular weight excluding hydrogens is 347 g/mol. The largest absolute Gasteiger partial charge is 0.416 e. The third-order valence-electron chi connectivity index (χ3n) is 2.97. The summed E-state index contributed by atoms with van der Waals surface area (Å²) in [4.78, 5) is 11.3. The molecule has 0 aromatic heterocycles. The lowest BCUT2D eigenvalue weighted by Gasteiger charge is -2.14. The molecular formula is C13H19F3N5O2S+. The lowest BCUT2D eigenvalue weighted by atomic mass is 10.1. The maximum absolute atomic E-state index is 12.6. The highest BCUT2D eigenvalue weighted by Crippen LogP contribution is 2.34. The Kier molecular flexibility index (Phi) is 7.17. The molecule has 1 aromatic carbocycles. The fourth-order valence-electron chi connectivity index (χ4n) is 1.78. The van der Waals surface area contributed by atoms with Crippen LogP contribution in [0.2, 0.25) is 0 Å². The molecule has 7 nitrogen and oxygen atoms in total. The van der Waals surface area contributed by atoms with Crippen molar-refractivity contribution in [2.45, 2.75) is 12.6 Å². The number of hydrogen-bond acceptors (Lipinski definition) is 4. The highest BCUT2D eigenvalue weighted by Gasteiger charge is 2.33. The van der Waals surface area contributed by atoms with Crippen LogP contribution >= 0.6 is 12.2 Å². The van der Waals surface area contributed by atoms with E-state index in [1.807, 2.05) is 14.1 Å². The zero-order chi connectivity index (χ0) is 18.3. The van der Waals surface area contributed by atoms with E-state index in [-0.39, 0.29) is 10.8 Å². The second-order valence-corrected chi connectivity index (χ2v) is 5.71. The summed E-state index contributed by atoms with van der Waals surface area (Å²) in [6, 6.07) is 2.21. The normalized spacial score (nSPS) is 11.2. The molecule has 24 heavy (non-hydrogen) atoms. The summed E-state index contributed by atoms with van der Waals surface area (Å²) in [6.45, 7) is 1.54. The van der Waals surface area contributed by atoms with E-state index in [4.69, 9.17) is 12.2 Å². The third kappa shape index (κ3) is 6.54. The zero-order valence-electron chi connectivity index (χ0n) is 13.2. The van der Waals surface area contributed by atoms with E-state index in [2.05, 4.69) is 16.2 Å². The van der Waals surface area contributed by atoms with Crippen LogP contribution in [0, 0.1) is 10.1 Å². The van der Waals surface area contributed by atoms with E-state index in [1.165, 1.54) is 4.90 Å². The molecule has 0 aliphatic heterocycles. The first-order valence-electron chi connectivity index (χ1n) is 7.05. The van der Waals surface area contributed by atoms with Crippen LogP contribution < -0.4 is 21.1 Å². The predicted molar refractivity (Wildman–Crippen MR) is 87.8 cm³/mol. The zero-order valence-corrected chi connectivity index (χ0v) is 14.0. The number of nitrogens with one attached hydrogen (secondary N) is 4. The molecule has 0 atom stereocenters. The van der Waals surface area contributed by atoms with Gasteiger partial charge in [0, 0.05) is 19.0 Å². The Labute approximate surface area is 142 Å². The van der Waals surface area contributed by atoms with Crippen molar-refractivity contribution in [2.75, 3.05) is 32.6 Å². The predicted octanol–water partition coefficient (Wildman–Crippen LogP) is 0.939. The van der Waals surface area contributed by atoms with Crippen LogP contribution in [0.3, 0.4) is 0 Å². The molecule has 11 heteroatoms. The van der Waals surface area contributed by atoms with Crippen LogP contribution in [0.5, 0.6) is 0 Å². The minimum atomic E-state index is -4.65. The molecule has 0 aliphatic rings. The minimum Gasteiger partial charge on any atom is -0.361 e. The van der Waals surface area contributed by atoms with Gasteiger partial charge in [-0.3, -0.25) is 21.0 Å². The molecule has 0 radical (unpaired) electrons. The summed E-state index contributed by atoms with van der Waals surface area (Å²) < 4.78 is 37.8. The maximum Gasteiger partial charge on any atom is 0.416 e. The molecule has 1 rings (SSSR count). The Balaban J connectivity index is 2.64. The van der Waals surface area contributed by atoms with Crippen molar-refractivity contribution in [3.8, 4) is 0 Å². The Morgan fingerprint density at radius 1 is 1.38 bits per heavy atom. The number of hydrogen-bond donors (Lipinski definition) is 4. The average Bonchev–Trinajstić information content (AvgIpc) is 2.48. The first-order chi connectivity index (χ1) is 11.1. The number of alkyl halides is 3. The van der Waals surface area contributed by atoms with E-state index in [1.54, 1.807) is 0 Å². The first-order valence-corrected chi connectivity index (χ1v) is 7.46. The van der Waals surface area contributed by atoms with Crippen LogP contribution in [-0.2, 0) is 6.18 Å². The first kappa shape index (κ1) is 19.9. The highest BCUT2D eigenvalue weighted by atomic mass is 32.1. The third-order valence-corrected chi connectivity index (χ3v) is 3.22. The van der Waals surface area contributed by atoms with Gasteiger partial charge >= 0.3 is 6.18 Å². The van der Waals surface area contributed by atoms with Crippen LogP contribution in [0.25, 0.3) is 0 Å². The Morgan fingerprint density at radius 3 is 2.58 bits per heavy atom. The Morgan fingerprint density at radius 2 is 2.04 bits per heavy atom. The van der Waals surface area contributed by atoms with Gasteiger partial charge in [0.05, 0.1) is 31.1 Å². The van der Waals surface area contributed by atoms with Crippen LogP contribution in [0.4, 0.5) is 24.5 Å². The number of quaternary nitrogens is 1. The quantitative estimate of drug-likeness (QED) is 0.249. The van der Waals surface area contributed by atoms with Crippen LogP contribution in [-0.4, -0.2) is 37.2 Å². The molecule has 0 bridgehead atoms. The van der Waals surface area contributed by atoms with Crippen molar-refractivity contribution in [3.63, 3.8) is 0 Å². The van der Waals surface area contributed by atoms with Crippen LogP contribution in [0.1, 0.15) is 12.0 Å². The van der Waals surface area contributed by atoms with Crippen molar-refractivity contribution in [3.05, 3.63) is 33.9 Å². The summed E-state index contributed by atoms with van der Waals surface area (Å²) in [5.41, 5.74) is 3.07. The SMILES string of the molecule is C[NH+](C)CCCNC(=S)NNc1ccc(C(F)(F)F)cc1[N+](=O)[O-]. The number of nitrogens with zero attached hydrogens (tertiary/aromatic N) is 1. The van der Waals surface area contributed by atoms with E-state index in [9.17, 15) is 23.3 Å². The van der Waals surface area contributed by atoms with Crippen molar-refractivity contribution in [2.24, 2.45) is 0 Å².